The van der Waals surface area contributed by atoms with E-state index < -0.39 is 0 Å². The van der Waals surface area contributed by atoms with E-state index in [4.69, 9.17) is 4.42 Å². The topological polar surface area (TPSA) is 106 Å². The SMILES string of the molecule is Cc1cccc(N(CC(=O)NC2CCCC2)C(=O)Cn2nnc(-c3ccc(C)o3)n2)c1. The number of tetrazole rings is 1. The maximum atomic E-state index is 13.1. The van der Waals surface area contributed by atoms with Crippen LogP contribution in [0.15, 0.2) is 40.8 Å². The molecule has 1 aliphatic rings. The molecule has 1 aromatic carbocycles. The summed E-state index contributed by atoms with van der Waals surface area (Å²) in [5.41, 5.74) is 1.66. The molecule has 0 spiro atoms. The first kappa shape index (κ1) is 20.8. The van der Waals surface area contributed by atoms with E-state index in [1.807, 2.05) is 44.2 Å². The zero-order valence-corrected chi connectivity index (χ0v) is 17.7. The van der Waals surface area contributed by atoms with E-state index in [2.05, 4.69) is 20.7 Å². The number of anilines is 1. The summed E-state index contributed by atoms with van der Waals surface area (Å²) in [6.45, 7) is 3.57. The Morgan fingerprint density at radius 2 is 2.00 bits per heavy atom. The minimum Gasteiger partial charge on any atom is -0.458 e. The monoisotopic (exact) mass is 422 g/mol. The Bertz CT molecular complexity index is 1070. The molecule has 0 atom stereocenters. The van der Waals surface area contributed by atoms with Gasteiger partial charge in [-0.25, -0.2) is 0 Å². The highest BCUT2D eigenvalue weighted by Crippen LogP contribution is 2.20. The number of hydrogen-bond acceptors (Lipinski definition) is 6. The molecule has 4 rings (SSSR count). The van der Waals surface area contributed by atoms with Crippen molar-refractivity contribution in [1.82, 2.24) is 25.5 Å². The summed E-state index contributed by atoms with van der Waals surface area (Å²) in [6.07, 6.45) is 4.23. The van der Waals surface area contributed by atoms with Gasteiger partial charge >= 0.3 is 0 Å². The van der Waals surface area contributed by atoms with Crippen molar-refractivity contribution in [3.63, 3.8) is 0 Å². The fraction of sp³-hybridized carbons (Fsp3) is 0.409. The molecule has 2 amide bonds. The molecule has 31 heavy (non-hydrogen) atoms. The lowest BCUT2D eigenvalue weighted by atomic mass is 10.2. The Hall–Kier alpha value is -3.49. The number of carbonyl (C=O) groups excluding carboxylic acids is 2. The largest absolute Gasteiger partial charge is 0.458 e. The number of benzene rings is 1. The number of aryl methyl sites for hydroxylation is 2. The van der Waals surface area contributed by atoms with Crippen LogP contribution in [0.3, 0.4) is 0 Å². The molecule has 1 N–H and O–H groups in total. The Kier molecular flexibility index (Phi) is 6.11. The van der Waals surface area contributed by atoms with Gasteiger partial charge in [0.15, 0.2) is 5.76 Å². The Morgan fingerprint density at radius 1 is 1.19 bits per heavy atom. The van der Waals surface area contributed by atoms with E-state index in [1.54, 1.807) is 6.07 Å². The predicted molar refractivity (Wildman–Crippen MR) is 114 cm³/mol. The second-order valence-corrected chi connectivity index (χ2v) is 7.92. The summed E-state index contributed by atoms with van der Waals surface area (Å²) in [4.78, 5) is 28.5. The highest BCUT2D eigenvalue weighted by molar-refractivity contribution is 5.98. The highest BCUT2D eigenvalue weighted by atomic mass is 16.3. The van der Waals surface area contributed by atoms with Crippen molar-refractivity contribution in [3.05, 3.63) is 47.7 Å². The third-order valence-corrected chi connectivity index (χ3v) is 5.33. The Morgan fingerprint density at radius 3 is 2.71 bits per heavy atom. The van der Waals surface area contributed by atoms with Gasteiger partial charge in [-0.15, -0.1) is 10.2 Å². The molecule has 2 aromatic heterocycles. The van der Waals surface area contributed by atoms with Crippen LogP contribution in [0.2, 0.25) is 0 Å². The highest BCUT2D eigenvalue weighted by Gasteiger charge is 2.24. The molecule has 1 saturated carbocycles. The Labute approximate surface area is 180 Å². The van der Waals surface area contributed by atoms with E-state index in [0.717, 1.165) is 37.0 Å². The minimum absolute atomic E-state index is 0.0578. The van der Waals surface area contributed by atoms with Crippen molar-refractivity contribution in [3.8, 4) is 11.6 Å². The fourth-order valence-electron chi connectivity index (χ4n) is 3.78. The average molecular weight is 422 g/mol. The van der Waals surface area contributed by atoms with Gasteiger partial charge in [-0.1, -0.05) is 25.0 Å². The second-order valence-electron chi connectivity index (χ2n) is 7.92. The lowest BCUT2D eigenvalue weighted by Gasteiger charge is -2.23. The van der Waals surface area contributed by atoms with Crippen LogP contribution in [0.4, 0.5) is 5.69 Å². The first-order valence-electron chi connectivity index (χ1n) is 10.5. The third-order valence-electron chi connectivity index (χ3n) is 5.33. The normalized spacial score (nSPS) is 14.0. The molecule has 9 heteroatoms. The maximum Gasteiger partial charge on any atom is 0.251 e. The molecule has 0 unspecified atom stereocenters. The van der Waals surface area contributed by atoms with E-state index >= 15 is 0 Å². The van der Waals surface area contributed by atoms with Crippen LogP contribution in [0.1, 0.15) is 37.0 Å². The molecule has 1 aliphatic carbocycles. The number of nitrogens with one attached hydrogen (secondary N) is 1. The molecular formula is C22H26N6O3. The molecule has 1 fully saturated rings. The number of furan rings is 1. The molecule has 162 valence electrons. The van der Waals surface area contributed by atoms with Gasteiger partial charge in [-0.3, -0.25) is 9.59 Å². The van der Waals surface area contributed by atoms with Crippen LogP contribution in [-0.2, 0) is 16.1 Å². The minimum atomic E-state index is -0.299. The molecule has 0 saturated heterocycles. The van der Waals surface area contributed by atoms with Crippen LogP contribution in [0, 0.1) is 13.8 Å². The van der Waals surface area contributed by atoms with Gasteiger partial charge in [0.05, 0.1) is 0 Å². The molecule has 0 aliphatic heterocycles. The van der Waals surface area contributed by atoms with Gasteiger partial charge in [0, 0.05) is 11.7 Å². The van der Waals surface area contributed by atoms with Gasteiger partial charge in [0.1, 0.15) is 18.8 Å². The summed E-state index contributed by atoms with van der Waals surface area (Å²) in [5.74, 6) is 1.07. The van der Waals surface area contributed by atoms with Gasteiger partial charge < -0.3 is 14.6 Å². The van der Waals surface area contributed by atoms with Gasteiger partial charge in [-0.2, -0.15) is 4.80 Å². The summed E-state index contributed by atoms with van der Waals surface area (Å²) >= 11 is 0. The van der Waals surface area contributed by atoms with Crippen molar-refractivity contribution in [1.29, 1.82) is 0 Å². The van der Waals surface area contributed by atoms with Crippen molar-refractivity contribution in [2.45, 2.75) is 52.1 Å². The third kappa shape index (κ3) is 5.17. The first-order chi connectivity index (χ1) is 15.0. The smallest absolute Gasteiger partial charge is 0.251 e. The number of carbonyl (C=O) groups is 2. The molecule has 3 aromatic rings. The van der Waals surface area contributed by atoms with Gasteiger partial charge in [0.25, 0.3) is 5.91 Å². The standard InChI is InChI=1S/C22H26N6O3/c1-15-6-5-9-18(12-15)27(13-20(29)23-17-7-3-4-8-17)21(30)14-28-25-22(24-26-28)19-11-10-16(2)31-19/h5-6,9-12,17H,3-4,7-8,13-14H2,1-2H3,(H,23,29). The predicted octanol–water partition coefficient (Wildman–Crippen LogP) is 2.64. The van der Waals surface area contributed by atoms with E-state index in [0.29, 0.717) is 17.3 Å². The zero-order valence-electron chi connectivity index (χ0n) is 17.7. The Balaban J connectivity index is 1.49. The molecule has 0 radical (unpaired) electrons. The first-order valence-corrected chi connectivity index (χ1v) is 10.5. The molecule has 2 heterocycles. The van der Waals surface area contributed by atoms with Crippen LogP contribution in [0.25, 0.3) is 11.6 Å². The molecule has 0 bridgehead atoms. The van der Waals surface area contributed by atoms with Crippen LogP contribution >= 0.6 is 0 Å². The number of amides is 2. The number of aromatic nitrogens is 4. The van der Waals surface area contributed by atoms with Crippen molar-refractivity contribution in [2.75, 3.05) is 11.4 Å². The lowest BCUT2D eigenvalue weighted by molar-refractivity contribution is -0.124. The summed E-state index contributed by atoms with van der Waals surface area (Å²) in [6, 6.07) is 11.3. The fourth-order valence-corrected chi connectivity index (χ4v) is 3.78. The lowest BCUT2D eigenvalue weighted by Crippen LogP contribution is -2.45. The van der Waals surface area contributed by atoms with E-state index in [-0.39, 0.29) is 30.9 Å². The van der Waals surface area contributed by atoms with Crippen molar-refractivity contribution < 1.29 is 14.0 Å². The summed E-state index contributed by atoms with van der Waals surface area (Å²) in [7, 11) is 0. The summed E-state index contributed by atoms with van der Waals surface area (Å²) < 4.78 is 5.51. The van der Waals surface area contributed by atoms with Crippen molar-refractivity contribution >= 4 is 17.5 Å². The zero-order chi connectivity index (χ0) is 21.8. The van der Waals surface area contributed by atoms with Crippen LogP contribution in [0.5, 0.6) is 0 Å². The number of hydrogen-bond donors (Lipinski definition) is 1. The molecular weight excluding hydrogens is 396 g/mol. The summed E-state index contributed by atoms with van der Waals surface area (Å²) in [5, 5.41) is 15.2. The van der Waals surface area contributed by atoms with Crippen LogP contribution < -0.4 is 10.2 Å². The van der Waals surface area contributed by atoms with Gasteiger partial charge in [-0.05, 0) is 61.7 Å². The average Bonchev–Trinajstić information content (AvgIpc) is 3.48. The second kappa shape index (κ2) is 9.11. The number of nitrogens with zero attached hydrogens (tertiary/aromatic N) is 5. The number of rotatable bonds is 7. The van der Waals surface area contributed by atoms with Crippen LogP contribution in [-0.4, -0.2) is 44.6 Å². The quantitative estimate of drug-likeness (QED) is 0.627. The maximum absolute atomic E-state index is 13.1. The van der Waals surface area contributed by atoms with Crippen molar-refractivity contribution in [2.24, 2.45) is 0 Å². The van der Waals surface area contributed by atoms with E-state index in [9.17, 15) is 9.59 Å². The van der Waals surface area contributed by atoms with Gasteiger partial charge in [0.2, 0.25) is 11.7 Å². The van der Waals surface area contributed by atoms with E-state index in [1.165, 1.54) is 9.70 Å². The molecule has 9 nitrogen and oxygen atoms in total.